The van der Waals surface area contributed by atoms with Crippen LogP contribution >= 0.6 is 11.6 Å². The minimum absolute atomic E-state index is 0.0194. The Balaban J connectivity index is 2.16. The van der Waals surface area contributed by atoms with Crippen molar-refractivity contribution in [3.63, 3.8) is 0 Å². The molecule has 3 atom stereocenters. The molecule has 1 fully saturated rings. The maximum Gasteiger partial charge on any atom is 0.336 e. The second-order valence-corrected chi connectivity index (χ2v) is 6.72. The highest BCUT2D eigenvalue weighted by atomic mass is 35.5. The standard InChI is InChI=1S/C16H23ClN2O4/c1-4-11-14(15(21)22)16(17,5-6-18-11)19-10-7-12(20)13(8-10)23-9(2)3/h5-6,9-10,13,18-19H,4,7-8H2,1-3H3,(H,21,22). The molecule has 2 rings (SSSR count). The van der Waals surface area contributed by atoms with Gasteiger partial charge in [-0.25, -0.2) is 4.79 Å². The quantitative estimate of drug-likeness (QED) is 0.505. The molecule has 6 nitrogen and oxygen atoms in total. The molecule has 0 aromatic rings. The second kappa shape index (κ2) is 7.03. The van der Waals surface area contributed by atoms with Gasteiger partial charge in [-0.3, -0.25) is 10.1 Å². The number of hydrogen-bond acceptors (Lipinski definition) is 5. The van der Waals surface area contributed by atoms with Crippen molar-refractivity contribution in [1.82, 2.24) is 10.6 Å². The number of carbonyl (C=O) groups is 2. The van der Waals surface area contributed by atoms with Crippen LogP contribution in [0.5, 0.6) is 0 Å². The fourth-order valence-electron chi connectivity index (χ4n) is 3.03. The van der Waals surface area contributed by atoms with Gasteiger partial charge >= 0.3 is 5.97 Å². The van der Waals surface area contributed by atoms with Gasteiger partial charge < -0.3 is 15.2 Å². The first-order chi connectivity index (χ1) is 10.8. The van der Waals surface area contributed by atoms with Crippen LogP contribution in [0.2, 0.25) is 0 Å². The van der Waals surface area contributed by atoms with Crippen molar-refractivity contribution >= 4 is 23.4 Å². The van der Waals surface area contributed by atoms with Crippen LogP contribution in [0.1, 0.15) is 40.0 Å². The van der Waals surface area contributed by atoms with Gasteiger partial charge in [-0.2, -0.15) is 0 Å². The highest BCUT2D eigenvalue weighted by Crippen LogP contribution is 2.33. The Labute approximate surface area is 140 Å². The molecule has 23 heavy (non-hydrogen) atoms. The number of ketones is 1. The number of nitrogens with one attached hydrogen (secondary N) is 2. The molecule has 1 aliphatic heterocycles. The summed E-state index contributed by atoms with van der Waals surface area (Å²) in [5.41, 5.74) is 0.631. The molecule has 2 aliphatic rings. The summed E-state index contributed by atoms with van der Waals surface area (Å²) >= 11 is 6.56. The van der Waals surface area contributed by atoms with Crippen molar-refractivity contribution in [1.29, 1.82) is 0 Å². The van der Waals surface area contributed by atoms with Crippen LogP contribution in [-0.4, -0.2) is 40.1 Å². The zero-order valence-electron chi connectivity index (χ0n) is 13.6. The zero-order valence-corrected chi connectivity index (χ0v) is 14.3. The number of Topliss-reactive ketones (excluding diaryl/α,β-unsaturated/α-hetero) is 1. The summed E-state index contributed by atoms with van der Waals surface area (Å²) in [6.07, 6.45) is 3.99. The maximum absolute atomic E-state index is 12.0. The van der Waals surface area contributed by atoms with Crippen molar-refractivity contribution in [3.8, 4) is 0 Å². The second-order valence-electron chi connectivity index (χ2n) is 6.12. The largest absolute Gasteiger partial charge is 0.478 e. The van der Waals surface area contributed by atoms with E-state index in [1.54, 1.807) is 12.3 Å². The summed E-state index contributed by atoms with van der Waals surface area (Å²) in [5.74, 6) is -1.06. The summed E-state index contributed by atoms with van der Waals surface area (Å²) < 4.78 is 5.60. The van der Waals surface area contributed by atoms with Gasteiger partial charge in [0.15, 0.2) is 5.78 Å². The van der Waals surface area contributed by atoms with E-state index in [0.29, 0.717) is 18.5 Å². The van der Waals surface area contributed by atoms with Gasteiger partial charge in [0.05, 0.1) is 11.7 Å². The van der Waals surface area contributed by atoms with E-state index < -0.39 is 17.1 Å². The Bertz CT molecular complexity index is 558. The zero-order chi connectivity index (χ0) is 17.2. The number of dihydropyridines is 1. The molecule has 0 aromatic carbocycles. The Morgan fingerprint density at radius 3 is 2.87 bits per heavy atom. The lowest BCUT2D eigenvalue weighted by Gasteiger charge is -2.33. The summed E-state index contributed by atoms with van der Waals surface area (Å²) in [5, 5.41) is 15.6. The number of ether oxygens (including phenoxy) is 1. The van der Waals surface area contributed by atoms with E-state index in [4.69, 9.17) is 16.3 Å². The highest BCUT2D eigenvalue weighted by Gasteiger charge is 2.43. The first-order valence-electron chi connectivity index (χ1n) is 7.82. The smallest absolute Gasteiger partial charge is 0.336 e. The summed E-state index contributed by atoms with van der Waals surface area (Å²) in [6, 6.07) is -0.223. The summed E-state index contributed by atoms with van der Waals surface area (Å²) in [7, 11) is 0. The van der Waals surface area contributed by atoms with Crippen LogP contribution in [0.3, 0.4) is 0 Å². The molecule has 0 bridgehead atoms. The molecular weight excluding hydrogens is 320 g/mol. The number of alkyl halides is 1. The number of carboxylic acids is 1. The van der Waals surface area contributed by atoms with Crippen LogP contribution in [0.4, 0.5) is 0 Å². The van der Waals surface area contributed by atoms with Crippen molar-refractivity contribution in [2.75, 3.05) is 0 Å². The van der Waals surface area contributed by atoms with Crippen molar-refractivity contribution < 1.29 is 19.4 Å². The predicted octanol–water partition coefficient (Wildman–Crippen LogP) is 1.90. The van der Waals surface area contributed by atoms with Gasteiger partial charge in [0.1, 0.15) is 11.1 Å². The van der Waals surface area contributed by atoms with Crippen LogP contribution in [0.25, 0.3) is 0 Å². The number of aliphatic carboxylic acids is 1. The number of carboxylic acid groups (broad SMARTS) is 1. The van der Waals surface area contributed by atoms with Crippen molar-refractivity contribution in [3.05, 3.63) is 23.5 Å². The van der Waals surface area contributed by atoms with E-state index >= 15 is 0 Å². The Kier molecular flexibility index (Phi) is 5.49. The van der Waals surface area contributed by atoms with E-state index in [1.807, 2.05) is 20.8 Å². The number of carbonyl (C=O) groups excluding carboxylic acids is 1. The highest BCUT2D eigenvalue weighted by molar-refractivity contribution is 6.30. The number of allylic oxidation sites excluding steroid dienone is 1. The molecule has 1 saturated carbocycles. The molecule has 3 N–H and O–H groups in total. The monoisotopic (exact) mass is 342 g/mol. The topological polar surface area (TPSA) is 87.7 Å². The van der Waals surface area contributed by atoms with Crippen LogP contribution in [-0.2, 0) is 14.3 Å². The van der Waals surface area contributed by atoms with Gasteiger partial charge in [-0.1, -0.05) is 18.5 Å². The van der Waals surface area contributed by atoms with Gasteiger partial charge in [0, 0.05) is 24.4 Å². The molecule has 0 radical (unpaired) electrons. The molecule has 1 heterocycles. The molecule has 7 heteroatoms. The molecule has 0 spiro atoms. The first kappa shape index (κ1) is 18.0. The third-order valence-electron chi connectivity index (χ3n) is 3.96. The molecule has 0 saturated heterocycles. The molecule has 0 aromatic heterocycles. The number of hydrogen-bond donors (Lipinski definition) is 3. The average molecular weight is 343 g/mol. The van der Waals surface area contributed by atoms with Gasteiger partial charge in [-0.05, 0) is 32.8 Å². The molecular formula is C16H23ClN2O4. The summed E-state index contributed by atoms with van der Waals surface area (Å²) in [4.78, 5) is 22.3. The molecule has 3 unspecified atom stereocenters. The normalized spacial score (nSPS) is 30.9. The third kappa shape index (κ3) is 3.94. The van der Waals surface area contributed by atoms with Crippen LogP contribution < -0.4 is 10.6 Å². The first-order valence-corrected chi connectivity index (χ1v) is 8.20. The third-order valence-corrected chi connectivity index (χ3v) is 4.38. The Hall–Kier alpha value is -1.37. The fraction of sp³-hybridized carbons (Fsp3) is 0.625. The lowest BCUT2D eigenvalue weighted by molar-refractivity contribution is -0.133. The lowest BCUT2D eigenvalue weighted by Crippen LogP contribution is -2.50. The van der Waals surface area contributed by atoms with E-state index in [0.717, 1.165) is 0 Å². The van der Waals surface area contributed by atoms with Crippen molar-refractivity contribution in [2.24, 2.45) is 0 Å². The van der Waals surface area contributed by atoms with E-state index in [2.05, 4.69) is 10.6 Å². The minimum atomic E-state index is -1.33. The molecule has 128 valence electrons. The maximum atomic E-state index is 12.0. The van der Waals surface area contributed by atoms with E-state index in [1.165, 1.54) is 0 Å². The SMILES string of the molecule is CCC1=C(C(=O)O)C(Cl)(NC2CC(=O)C(OC(C)C)C2)C=CN1. The van der Waals surface area contributed by atoms with E-state index in [9.17, 15) is 14.7 Å². The number of rotatable bonds is 6. The Morgan fingerprint density at radius 1 is 1.61 bits per heavy atom. The molecule has 1 aliphatic carbocycles. The predicted molar refractivity (Wildman–Crippen MR) is 87.0 cm³/mol. The minimum Gasteiger partial charge on any atom is -0.478 e. The van der Waals surface area contributed by atoms with E-state index in [-0.39, 0.29) is 29.9 Å². The van der Waals surface area contributed by atoms with Gasteiger partial charge in [-0.15, -0.1) is 0 Å². The average Bonchev–Trinajstić information content (AvgIpc) is 2.76. The van der Waals surface area contributed by atoms with Crippen LogP contribution in [0, 0.1) is 0 Å². The van der Waals surface area contributed by atoms with Gasteiger partial charge in [0.2, 0.25) is 0 Å². The van der Waals surface area contributed by atoms with Crippen LogP contribution in [0.15, 0.2) is 23.5 Å². The number of halogens is 1. The van der Waals surface area contributed by atoms with Crippen molar-refractivity contribution in [2.45, 2.75) is 63.3 Å². The van der Waals surface area contributed by atoms with Gasteiger partial charge in [0.25, 0.3) is 0 Å². The fourth-order valence-corrected chi connectivity index (χ4v) is 3.44. The summed E-state index contributed by atoms with van der Waals surface area (Å²) in [6.45, 7) is 5.62. The Morgan fingerprint density at radius 2 is 2.30 bits per heavy atom. The molecule has 0 amide bonds. The lowest BCUT2D eigenvalue weighted by atomic mass is 9.98.